The molecule has 5 nitrogen and oxygen atoms in total. The van der Waals surface area contributed by atoms with Crippen molar-refractivity contribution < 1.29 is 9.53 Å². The fourth-order valence-electron chi connectivity index (χ4n) is 1.45. The Morgan fingerprint density at radius 1 is 1.26 bits per heavy atom. The van der Waals surface area contributed by atoms with E-state index >= 15 is 0 Å². The third-order valence-electron chi connectivity index (χ3n) is 2.31. The van der Waals surface area contributed by atoms with Crippen LogP contribution in [0.2, 0.25) is 5.15 Å². The smallest absolute Gasteiger partial charge is 0.256 e. The van der Waals surface area contributed by atoms with E-state index in [4.69, 9.17) is 16.3 Å². The molecule has 0 unspecified atom stereocenters. The molecule has 0 aliphatic rings. The van der Waals surface area contributed by atoms with Gasteiger partial charge < -0.3 is 10.1 Å². The molecule has 1 N–H and O–H groups in total. The molecule has 0 saturated heterocycles. The molecule has 0 aliphatic carbocycles. The highest BCUT2D eigenvalue weighted by molar-refractivity contribution is 6.32. The number of carbonyl (C=O) groups is 1. The minimum Gasteiger partial charge on any atom is -0.494 e. The van der Waals surface area contributed by atoms with Crippen LogP contribution in [-0.2, 0) is 0 Å². The Balaban J connectivity index is 2.10. The zero-order valence-electron chi connectivity index (χ0n) is 10.3. The molecule has 2 rings (SSSR count). The lowest BCUT2D eigenvalue weighted by Crippen LogP contribution is -2.13. The Bertz CT molecular complexity index is 572. The van der Waals surface area contributed by atoms with E-state index in [1.54, 1.807) is 24.3 Å². The van der Waals surface area contributed by atoms with Crippen LogP contribution in [0.3, 0.4) is 0 Å². The van der Waals surface area contributed by atoms with Gasteiger partial charge in [0, 0.05) is 18.0 Å². The summed E-state index contributed by atoms with van der Waals surface area (Å²) in [4.78, 5) is 19.7. The first-order chi connectivity index (χ1) is 9.20. The molecule has 0 fully saturated rings. The van der Waals surface area contributed by atoms with Crippen LogP contribution in [0.15, 0.2) is 36.7 Å². The minimum atomic E-state index is -0.301. The average molecular weight is 278 g/mol. The minimum absolute atomic E-state index is 0.154. The fraction of sp³-hybridized carbons (Fsp3) is 0.154. The lowest BCUT2D eigenvalue weighted by atomic mass is 10.2. The first kappa shape index (κ1) is 13.3. The van der Waals surface area contributed by atoms with E-state index < -0.39 is 0 Å². The predicted molar refractivity (Wildman–Crippen MR) is 72.6 cm³/mol. The normalized spacial score (nSPS) is 10.0. The molecule has 19 heavy (non-hydrogen) atoms. The van der Waals surface area contributed by atoms with Crippen molar-refractivity contribution in [1.82, 2.24) is 9.97 Å². The van der Waals surface area contributed by atoms with Crippen LogP contribution in [0.25, 0.3) is 0 Å². The standard InChI is InChI=1S/C13H12ClN3O2/c1-2-19-10-5-3-9(4-6-10)13(18)17-12-11(14)15-7-8-16-12/h3-8H,2H2,1H3,(H,16,17,18). The third-order valence-corrected chi connectivity index (χ3v) is 2.59. The molecule has 0 radical (unpaired) electrons. The zero-order chi connectivity index (χ0) is 13.7. The highest BCUT2D eigenvalue weighted by Crippen LogP contribution is 2.17. The number of nitrogens with one attached hydrogen (secondary N) is 1. The highest BCUT2D eigenvalue weighted by atomic mass is 35.5. The van der Waals surface area contributed by atoms with Crippen molar-refractivity contribution in [3.05, 3.63) is 47.4 Å². The summed E-state index contributed by atoms with van der Waals surface area (Å²) in [5, 5.41) is 2.75. The maximum absolute atomic E-state index is 12.0. The topological polar surface area (TPSA) is 64.1 Å². The second-order valence-electron chi connectivity index (χ2n) is 3.61. The largest absolute Gasteiger partial charge is 0.494 e. The fourth-order valence-corrected chi connectivity index (χ4v) is 1.61. The van der Waals surface area contributed by atoms with Crippen LogP contribution in [0.1, 0.15) is 17.3 Å². The van der Waals surface area contributed by atoms with Gasteiger partial charge >= 0.3 is 0 Å². The van der Waals surface area contributed by atoms with Crippen molar-refractivity contribution in [2.75, 3.05) is 11.9 Å². The van der Waals surface area contributed by atoms with Crippen molar-refractivity contribution in [3.63, 3.8) is 0 Å². The SMILES string of the molecule is CCOc1ccc(C(=O)Nc2nccnc2Cl)cc1. The molecule has 2 aromatic rings. The molecule has 1 aromatic heterocycles. The van der Waals surface area contributed by atoms with E-state index in [2.05, 4.69) is 15.3 Å². The van der Waals surface area contributed by atoms with Gasteiger partial charge in [-0.2, -0.15) is 0 Å². The monoisotopic (exact) mass is 277 g/mol. The van der Waals surface area contributed by atoms with Gasteiger partial charge in [0.1, 0.15) is 5.75 Å². The molecule has 0 saturated carbocycles. The number of amides is 1. The average Bonchev–Trinajstić information content (AvgIpc) is 2.42. The summed E-state index contributed by atoms with van der Waals surface area (Å²) in [7, 11) is 0. The number of benzene rings is 1. The van der Waals surface area contributed by atoms with Gasteiger partial charge in [-0.3, -0.25) is 4.79 Å². The number of rotatable bonds is 4. The first-order valence-electron chi connectivity index (χ1n) is 5.71. The summed E-state index contributed by atoms with van der Waals surface area (Å²) in [6.07, 6.45) is 2.91. The maximum Gasteiger partial charge on any atom is 0.256 e. The molecule has 0 aliphatic heterocycles. The van der Waals surface area contributed by atoms with Gasteiger partial charge in [-0.1, -0.05) is 11.6 Å². The van der Waals surface area contributed by atoms with Gasteiger partial charge in [0.2, 0.25) is 0 Å². The Kier molecular flexibility index (Phi) is 4.30. The third kappa shape index (κ3) is 3.42. The van der Waals surface area contributed by atoms with Gasteiger partial charge in [-0.05, 0) is 31.2 Å². The summed E-state index contributed by atoms with van der Waals surface area (Å²) in [6.45, 7) is 2.48. The lowest BCUT2D eigenvalue weighted by Gasteiger charge is -2.06. The van der Waals surface area contributed by atoms with Crippen LogP contribution >= 0.6 is 11.6 Å². The quantitative estimate of drug-likeness (QED) is 0.933. The van der Waals surface area contributed by atoms with E-state index in [1.807, 2.05) is 6.92 Å². The maximum atomic E-state index is 12.0. The summed E-state index contributed by atoms with van der Waals surface area (Å²) >= 11 is 5.81. The van der Waals surface area contributed by atoms with Gasteiger partial charge in [-0.25, -0.2) is 9.97 Å². The molecule has 6 heteroatoms. The number of halogens is 1. The van der Waals surface area contributed by atoms with Crippen molar-refractivity contribution in [2.24, 2.45) is 0 Å². The molecule has 0 atom stereocenters. The van der Waals surface area contributed by atoms with E-state index in [0.29, 0.717) is 12.2 Å². The summed E-state index contributed by atoms with van der Waals surface area (Å²) in [5.41, 5.74) is 0.491. The first-order valence-corrected chi connectivity index (χ1v) is 6.09. The van der Waals surface area contributed by atoms with Crippen LogP contribution in [-0.4, -0.2) is 22.5 Å². The van der Waals surface area contributed by atoms with Crippen molar-refractivity contribution in [2.45, 2.75) is 6.92 Å². The highest BCUT2D eigenvalue weighted by Gasteiger charge is 2.09. The number of carbonyl (C=O) groups excluding carboxylic acids is 1. The van der Waals surface area contributed by atoms with E-state index in [9.17, 15) is 4.79 Å². The molecule has 1 amide bonds. The Hall–Kier alpha value is -2.14. The van der Waals surface area contributed by atoms with Gasteiger partial charge in [-0.15, -0.1) is 0 Å². The molecule has 0 spiro atoms. The number of hydrogen-bond acceptors (Lipinski definition) is 4. The van der Waals surface area contributed by atoms with E-state index in [0.717, 1.165) is 5.75 Å². The van der Waals surface area contributed by atoms with Crippen molar-refractivity contribution in [3.8, 4) is 5.75 Å². The Morgan fingerprint density at radius 3 is 2.58 bits per heavy atom. The van der Waals surface area contributed by atoms with Crippen LogP contribution < -0.4 is 10.1 Å². The van der Waals surface area contributed by atoms with Crippen LogP contribution in [0, 0.1) is 0 Å². The number of ether oxygens (including phenoxy) is 1. The van der Waals surface area contributed by atoms with Gasteiger partial charge in [0.25, 0.3) is 5.91 Å². The summed E-state index contributed by atoms with van der Waals surface area (Å²) in [6, 6.07) is 6.81. The second kappa shape index (κ2) is 6.15. The molecular weight excluding hydrogens is 266 g/mol. The summed E-state index contributed by atoms with van der Waals surface area (Å²) in [5.74, 6) is 0.657. The van der Waals surface area contributed by atoms with E-state index in [-0.39, 0.29) is 16.9 Å². The second-order valence-corrected chi connectivity index (χ2v) is 3.97. The van der Waals surface area contributed by atoms with Crippen LogP contribution in [0.4, 0.5) is 5.82 Å². The predicted octanol–water partition coefficient (Wildman–Crippen LogP) is 2.78. The number of nitrogens with zero attached hydrogens (tertiary/aromatic N) is 2. The van der Waals surface area contributed by atoms with Crippen molar-refractivity contribution >= 4 is 23.3 Å². The summed E-state index contributed by atoms with van der Waals surface area (Å²) < 4.78 is 5.30. The zero-order valence-corrected chi connectivity index (χ0v) is 11.0. The molecular formula is C13H12ClN3O2. The van der Waals surface area contributed by atoms with Gasteiger partial charge in [0.05, 0.1) is 6.61 Å². The Labute approximate surface area is 115 Å². The van der Waals surface area contributed by atoms with Gasteiger partial charge in [0.15, 0.2) is 11.0 Å². The molecule has 98 valence electrons. The van der Waals surface area contributed by atoms with E-state index in [1.165, 1.54) is 12.4 Å². The number of hydrogen-bond donors (Lipinski definition) is 1. The molecule has 0 bridgehead atoms. The van der Waals surface area contributed by atoms with Crippen molar-refractivity contribution in [1.29, 1.82) is 0 Å². The molecule has 1 heterocycles. The Morgan fingerprint density at radius 2 is 1.95 bits per heavy atom. The number of anilines is 1. The number of aromatic nitrogens is 2. The van der Waals surface area contributed by atoms with Crippen LogP contribution in [0.5, 0.6) is 5.75 Å². The lowest BCUT2D eigenvalue weighted by molar-refractivity contribution is 0.102. The molecule has 1 aromatic carbocycles.